The Morgan fingerprint density at radius 2 is 1.58 bits per heavy atom. The molecule has 0 aliphatic carbocycles. The van der Waals surface area contributed by atoms with Crippen LogP contribution >= 0.6 is 0 Å². The Morgan fingerprint density at radius 1 is 0.947 bits per heavy atom. The summed E-state index contributed by atoms with van der Waals surface area (Å²) in [5, 5.41) is 25.9. The maximum Gasteiger partial charge on any atom is 0.408 e. The van der Waals surface area contributed by atoms with Crippen LogP contribution in [-0.2, 0) is 35.2 Å². The molecule has 2 aromatic carbocycles. The van der Waals surface area contributed by atoms with Gasteiger partial charge in [0, 0.05) is 18.1 Å². The van der Waals surface area contributed by atoms with Crippen molar-refractivity contribution in [2.24, 2.45) is 0 Å². The van der Waals surface area contributed by atoms with Gasteiger partial charge in [0.2, 0.25) is 5.91 Å². The number of esters is 2. The van der Waals surface area contributed by atoms with Crippen LogP contribution in [0.2, 0.25) is 0 Å². The lowest BCUT2D eigenvalue weighted by atomic mass is 9.88. The van der Waals surface area contributed by atoms with E-state index in [0.29, 0.717) is 11.1 Å². The molecule has 38 heavy (non-hydrogen) atoms. The van der Waals surface area contributed by atoms with E-state index in [-0.39, 0.29) is 12.3 Å². The van der Waals surface area contributed by atoms with Gasteiger partial charge in [-0.15, -0.1) is 0 Å². The monoisotopic (exact) mass is 531 g/mol. The van der Waals surface area contributed by atoms with Crippen LogP contribution in [0.1, 0.15) is 30.4 Å². The van der Waals surface area contributed by atoms with E-state index < -0.39 is 59.4 Å². The fourth-order valence-electron chi connectivity index (χ4n) is 3.53. The minimum absolute atomic E-state index is 0.0903. The largest absolute Gasteiger partial charge is 0.469 e. The van der Waals surface area contributed by atoms with E-state index in [9.17, 15) is 34.4 Å². The first kappa shape index (κ1) is 29.7. The number of carbonyl (C=O) groups is 4. The second kappa shape index (κ2) is 14.3. The summed E-state index contributed by atoms with van der Waals surface area (Å²) >= 11 is 0. The van der Waals surface area contributed by atoms with Crippen LogP contribution in [0.25, 0.3) is 0 Å². The van der Waals surface area contributed by atoms with Gasteiger partial charge >= 0.3 is 18.0 Å². The van der Waals surface area contributed by atoms with Gasteiger partial charge in [0.1, 0.15) is 18.7 Å². The second-order valence-corrected chi connectivity index (χ2v) is 8.17. The van der Waals surface area contributed by atoms with E-state index in [2.05, 4.69) is 10.6 Å². The minimum Gasteiger partial charge on any atom is -0.469 e. The number of nitro groups is 1. The third-order valence-corrected chi connectivity index (χ3v) is 5.55. The van der Waals surface area contributed by atoms with Crippen LogP contribution in [0.5, 0.6) is 0 Å². The molecule has 0 aliphatic rings. The van der Waals surface area contributed by atoms with Crippen LogP contribution in [0.3, 0.4) is 0 Å². The molecular formula is C25H29N3O10. The SMILES string of the molecule is COC(=O)C[C@@H](c1ccc([N+](=O)[O-])cc1)[C@H](NC(=O)[C@@H](NC(=O)OCc1ccccc1)[C@@H](C)O)C(=O)OC. The predicted octanol–water partition coefficient (Wildman–Crippen LogP) is 1.58. The van der Waals surface area contributed by atoms with Gasteiger partial charge in [-0.2, -0.15) is 0 Å². The summed E-state index contributed by atoms with van der Waals surface area (Å²) in [5.74, 6) is -3.71. The number of alkyl carbamates (subject to hydrolysis) is 1. The molecule has 13 heteroatoms. The maximum atomic E-state index is 13.1. The van der Waals surface area contributed by atoms with E-state index >= 15 is 0 Å². The van der Waals surface area contributed by atoms with Gasteiger partial charge < -0.3 is 30.0 Å². The van der Waals surface area contributed by atoms with Crippen LogP contribution < -0.4 is 10.6 Å². The summed E-state index contributed by atoms with van der Waals surface area (Å²) in [5.41, 5.74) is 0.761. The molecule has 0 fully saturated rings. The molecule has 0 aromatic heterocycles. The van der Waals surface area contributed by atoms with Crippen LogP contribution in [0.4, 0.5) is 10.5 Å². The number of aliphatic hydroxyl groups is 1. The smallest absolute Gasteiger partial charge is 0.408 e. The Labute approximate surface area is 218 Å². The van der Waals surface area contributed by atoms with Gasteiger partial charge in [-0.25, -0.2) is 9.59 Å². The lowest BCUT2D eigenvalue weighted by Crippen LogP contribution is -2.57. The quantitative estimate of drug-likeness (QED) is 0.157. The van der Waals surface area contributed by atoms with Gasteiger partial charge in [-0.3, -0.25) is 19.7 Å². The highest BCUT2D eigenvalue weighted by molar-refractivity contribution is 5.91. The average molecular weight is 532 g/mol. The van der Waals surface area contributed by atoms with Crippen molar-refractivity contribution in [3.63, 3.8) is 0 Å². The third kappa shape index (κ3) is 8.55. The molecule has 3 N–H and O–H groups in total. The first-order valence-corrected chi connectivity index (χ1v) is 11.4. The summed E-state index contributed by atoms with van der Waals surface area (Å²) in [7, 11) is 2.20. The third-order valence-electron chi connectivity index (χ3n) is 5.55. The number of nitro benzene ring substituents is 1. The predicted molar refractivity (Wildman–Crippen MR) is 132 cm³/mol. The number of benzene rings is 2. The topological polar surface area (TPSA) is 183 Å². The molecule has 0 aliphatic heterocycles. The Kier molecular flexibility index (Phi) is 11.2. The van der Waals surface area contributed by atoms with Crippen molar-refractivity contribution in [1.29, 1.82) is 0 Å². The molecule has 0 bridgehead atoms. The van der Waals surface area contributed by atoms with Gasteiger partial charge in [0.15, 0.2) is 0 Å². The lowest BCUT2D eigenvalue weighted by Gasteiger charge is -2.28. The molecule has 0 spiro atoms. The number of methoxy groups -OCH3 is 2. The van der Waals surface area contributed by atoms with Gasteiger partial charge in [-0.05, 0) is 18.1 Å². The van der Waals surface area contributed by atoms with Crippen molar-refractivity contribution in [2.75, 3.05) is 14.2 Å². The van der Waals surface area contributed by atoms with E-state index in [4.69, 9.17) is 14.2 Å². The summed E-state index contributed by atoms with van der Waals surface area (Å²) in [4.78, 5) is 60.7. The van der Waals surface area contributed by atoms with Gasteiger partial charge in [0.25, 0.3) is 5.69 Å². The molecule has 0 heterocycles. The van der Waals surface area contributed by atoms with E-state index in [0.717, 1.165) is 14.2 Å². The number of amides is 2. The number of aliphatic hydroxyl groups excluding tert-OH is 1. The molecule has 204 valence electrons. The van der Waals surface area contributed by atoms with Gasteiger partial charge in [-0.1, -0.05) is 42.5 Å². The normalized spacial score (nSPS) is 13.7. The molecule has 4 atom stereocenters. The highest BCUT2D eigenvalue weighted by Gasteiger charge is 2.37. The number of nitrogens with zero attached hydrogens (tertiary/aromatic N) is 1. The molecule has 2 amide bonds. The number of hydrogen-bond donors (Lipinski definition) is 3. The summed E-state index contributed by atoms with van der Waals surface area (Å²) in [6, 6.07) is 10.8. The Morgan fingerprint density at radius 3 is 2.11 bits per heavy atom. The Balaban J connectivity index is 2.26. The van der Waals surface area contributed by atoms with E-state index in [1.54, 1.807) is 30.3 Å². The zero-order chi connectivity index (χ0) is 28.2. The van der Waals surface area contributed by atoms with Crippen molar-refractivity contribution in [2.45, 2.75) is 44.1 Å². The molecular weight excluding hydrogens is 502 g/mol. The molecule has 0 radical (unpaired) electrons. The number of non-ortho nitro benzene ring substituents is 1. The first-order chi connectivity index (χ1) is 18.1. The minimum atomic E-state index is -1.54. The lowest BCUT2D eigenvalue weighted by molar-refractivity contribution is -0.384. The number of hydrogen-bond acceptors (Lipinski definition) is 10. The number of nitrogens with one attached hydrogen (secondary N) is 2. The summed E-state index contributed by atoms with van der Waals surface area (Å²) < 4.78 is 14.6. The molecule has 0 unspecified atom stereocenters. The van der Waals surface area contributed by atoms with Crippen molar-refractivity contribution in [3.8, 4) is 0 Å². The van der Waals surface area contributed by atoms with Gasteiger partial charge in [0.05, 0.1) is 31.7 Å². The molecule has 2 aromatic rings. The molecule has 13 nitrogen and oxygen atoms in total. The maximum absolute atomic E-state index is 13.1. The highest BCUT2D eigenvalue weighted by Crippen LogP contribution is 2.27. The van der Waals surface area contributed by atoms with Crippen molar-refractivity contribution < 1.29 is 43.4 Å². The second-order valence-electron chi connectivity index (χ2n) is 8.17. The van der Waals surface area contributed by atoms with E-state index in [1.807, 2.05) is 0 Å². The zero-order valence-electron chi connectivity index (χ0n) is 21.0. The van der Waals surface area contributed by atoms with Crippen molar-refractivity contribution >= 4 is 29.6 Å². The molecule has 0 saturated carbocycles. The fraction of sp³-hybridized carbons (Fsp3) is 0.360. The van der Waals surface area contributed by atoms with Crippen molar-refractivity contribution in [1.82, 2.24) is 10.6 Å². The van der Waals surface area contributed by atoms with Crippen LogP contribution in [-0.4, -0.2) is 66.4 Å². The Hall–Kier alpha value is -4.52. The van der Waals surface area contributed by atoms with Crippen molar-refractivity contribution in [3.05, 3.63) is 75.8 Å². The summed E-state index contributed by atoms with van der Waals surface area (Å²) in [6.45, 7) is 1.16. The standard InChI is InChI=1S/C25H29N3O10/c1-15(29)21(27-25(33)38-14-16-7-5-4-6-8-16)23(31)26-22(24(32)37-3)19(13-20(30)36-2)17-9-11-18(12-10-17)28(34)35/h4-12,15,19,21-22,29H,13-14H2,1-3H3,(H,26,31)(H,27,33)/t15-,19+,21+,22+/m1/s1. The molecule has 2 rings (SSSR count). The molecule has 0 saturated heterocycles. The van der Waals surface area contributed by atoms with Crippen LogP contribution in [0.15, 0.2) is 54.6 Å². The average Bonchev–Trinajstić information content (AvgIpc) is 2.92. The Bertz CT molecular complexity index is 1120. The fourth-order valence-corrected chi connectivity index (χ4v) is 3.53. The highest BCUT2D eigenvalue weighted by atomic mass is 16.6. The number of rotatable bonds is 12. The first-order valence-electron chi connectivity index (χ1n) is 11.4. The van der Waals surface area contributed by atoms with E-state index in [1.165, 1.54) is 31.2 Å². The summed E-state index contributed by atoms with van der Waals surface area (Å²) in [6.07, 6.45) is -2.80. The number of carbonyl (C=O) groups excluding carboxylic acids is 4. The van der Waals surface area contributed by atoms with Crippen LogP contribution in [0, 0.1) is 10.1 Å². The zero-order valence-corrected chi connectivity index (χ0v) is 21.0. The number of ether oxygens (including phenoxy) is 3.